The Hall–Kier alpha value is -2.13. The maximum Gasteiger partial charge on any atom is 0.328 e. The van der Waals surface area contributed by atoms with E-state index in [1.54, 1.807) is 17.0 Å². The molecule has 1 aromatic carbocycles. The highest BCUT2D eigenvalue weighted by Gasteiger charge is 2.52. The fraction of sp³-hybridized carbons (Fsp3) is 0.556. The van der Waals surface area contributed by atoms with Crippen LogP contribution in [0.5, 0.6) is 0 Å². The molecule has 0 spiro atoms. The highest BCUT2D eigenvalue weighted by molar-refractivity contribution is 7.99. The predicted molar refractivity (Wildman–Crippen MR) is 103 cm³/mol. The number of nitrogens with zero attached hydrogens (tertiary/aromatic N) is 4. The third-order valence-electron chi connectivity index (χ3n) is 5.14. The number of nitro groups is 1. The molecule has 0 N–H and O–H groups in total. The second kappa shape index (κ2) is 8.26. The Morgan fingerprint density at radius 1 is 1.22 bits per heavy atom. The molecule has 0 saturated carbocycles. The average molecular weight is 392 g/mol. The molecule has 8 nitrogen and oxygen atoms in total. The van der Waals surface area contributed by atoms with Gasteiger partial charge in [0, 0.05) is 24.4 Å². The van der Waals surface area contributed by atoms with Gasteiger partial charge in [-0.15, -0.1) is 11.8 Å². The number of non-ortho nitro benzene ring substituents is 1. The molecule has 0 radical (unpaired) electrons. The van der Waals surface area contributed by atoms with Crippen molar-refractivity contribution in [1.82, 2.24) is 14.7 Å². The summed E-state index contributed by atoms with van der Waals surface area (Å²) >= 11 is 1.53. The van der Waals surface area contributed by atoms with Crippen LogP contribution in [0.2, 0.25) is 0 Å². The van der Waals surface area contributed by atoms with Crippen molar-refractivity contribution in [3.05, 3.63) is 39.9 Å². The van der Waals surface area contributed by atoms with Crippen LogP contribution in [0.3, 0.4) is 0 Å². The standard InChI is InChI=1S/C18H24N4O4S/c1-3-19(4-2)10-5-11-20-16(23)15-12-27-17(21(15)18(20)24)13-6-8-14(9-7-13)22(25)26/h6-9,15,17H,3-5,10-12H2,1-2H3/t15-,17-/m0/s1. The Morgan fingerprint density at radius 3 is 2.48 bits per heavy atom. The third-order valence-corrected chi connectivity index (χ3v) is 6.47. The quantitative estimate of drug-likeness (QED) is 0.384. The van der Waals surface area contributed by atoms with E-state index < -0.39 is 11.0 Å². The number of thioether (sulfide) groups is 1. The summed E-state index contributed by atoms with van der Waals surface area (Å²) in [7, 11) is 0. The van der Waals surface area contributed by atoms with Gasteiger partial charge in [-0.05, 0) is 43.8 Å². The van der Waals surface area contributed by atoms with E-state index in [9.17, 15) is 19.7 Å². The van der Waals surface area contributed by atoms with E-state index in [0.29, 0.717) is 12.3 Å². The van der Waals surface area contributed by atoms with Crippen LogP contribution in [-0.2, 0) is 4.79 Å². The molecule has 2 fully saturated rings. The van der Waals surface area contributed by atoms with Crippen LogP contribution in [0.25, 0.3) is 0 Å². The molecule has 2 aliphatic heterocycles. The lowest BCUT2D eigenvalue weighted by atomic mass is 10.2. The van der Waals surface area contributed by atoms with Gasteiger partial charge in [-0.3, -0.25) is 24.7 Å². The van der Waals surface area contributed by atoms with E-state index in [-0.39, 0.29) is 23.0 Å². The van der Waals surface area contributed by atoms with Crippen molar-refractivity contribution >= 4 is 29.4 Å². The van der Waals surface area contributed by atoms with E-state index in [0.717, 1.165) is 31.6 Å². The first kappa shape index (κ1) is 19.6. The Morgan fingerprint density at radius 2 is 1.89 bits per heavy atom. The molecule has 2 aliphatic rings. The van der Waals surface area contributed by atoms with E-state index in [4.69, 9.17) is 0 Å². The number of fused-ring (bicyclic) bond motifs is 1. The van der Waals surface area contributed by atoms with Crippen LogP contribution < -0.4 is 0 Å². The number of hydrogen-bond donors (Lipinski definition) is 0. The second-order valence-electron chi connectivity index (χ2n) is 6.61. The van der Waals surface area contributed by atoms with E-state index in [2.05, 4.69) is 18.7 Å². The van der Waals surface area contributed by atoms with E-state index in [1.165, 1.54) is 28.8 Å². The Kier molecular flexibility index (Phi) is 6.01. The molecule has 1 aromatic rings. The largest absolute Gasteiger partial charge is 0.328 e. The van der Waals surface area contributed by atoms with Gasteiger partial charge < -0.3 is 4.90 Å². The number of urea groups is 1. The molecule has 2 atom stereocenters. The van der Waals surface area contributed by atoms with Gasteiger partial charge in [0.05, 0.1) is 4.92 Å². The first-order chi connectivity index (χ1) is 13.0. The zero-order chi connectivity index (χ0) is 19.6. The maximum absolute atomic E-state index is 12.9. The fourth-order valence-electron chi connectivity index (χ4n) is 3.56. The molecule has 0 unspecified atom stereocenters. The maximum atomic E-state index is 12.9. The van der Waals surface area contributed by atoms with Crippen molar-refractivity contribution in [3.8, 4) is 0 Å². The van der Waals surface area contributed by atoms with Gasteiger partial charge >= 0.3 is 6.03 Å². The van der Waals surface area contributed by atoms with E-state index >= 15 is 0 Å². The first-order valence-corrected chi connectivity index (χ1v) is 10.2. The molecule has 9 heteroatoms. The highest BCUT2D eigenvalue weighted by Crippen LogP contribution is 2.45. The van der Waals surface area contributed by atoms with Crippen LogP contribution in [0.4, 0.5) is 10.5 Å². The fourth-order valence-corrected chi connectivity index (χ4v) is 4.97. The molecule has 3 amide bonds. The summed E-state index contributed by atoms with van der Waals surface area (Å²) < 4.78 is 0. The van der Waals surface area contributed by atoms with Crippen LogP contribution >= 0.6 is 11.8 Å². The number of carbonyl (C=O) groups is 2. The topological polar surface area (TPSA) is 87.0 Å². The summed E-state index contributed by atoms with van der Waals surface area (Å²) in [5.74, 6) is 0.426. The Labute approximate surface area is 162 Å². The average Bonchev–Trinajstić information content (AvgIpc) is 3.21. The molecule has 0 bridgehead atoms. The first-order valence-electron chi connectivity index (χ1n) is 9.19. The van der Waals surface area contributed by atoms with Crippen molar-refractivity contribution in [3.63, 3.8) is 0 Å². The predicted octanol–water partition coefficient (Wildman–Crippen LogP) is 2.70. The molecule has 146 valence electrons. The minimum atomic E-state index is -0.448. The zero-order valence-electron chi connectivity index (χ0n) is 15.5. The molecule has 0 aliphatic carbocycles. The number of rotatable bonds is 8. The minimum absolute atomic E-state index is 0.0140. The summed E-state index contributed by atoms with van der Waals surface area (Å²) in [5.41, 5.74) is 0.819. The highest BCUT2D eigenvalue weighted by atomic mass is 32.2. The molecule has 3 rings (SSSR count). The summed E-state index contributed by atoms with van der Waals surface area (Å²) in [6.45, 7) is 7.38. The molecule has 2 saturated heterocycles. The normalized spacial score (nSPS) is 22.0. The minimum Gasteiger partial charge on any atom is -0.304 e. The summed E-state index contributed by atoms with van der Waals surface area (Å²) in [6.07, 6.45) is 0.759. The monoisotopic (exact) mass is 392 g/mol. The SMILES string of the molecule is CCN(CC)CCCN1C(=O)[C@@H]2CS[C@@H](c3ccc([N+](=O)[O-])cc3)N2C1=O. The van der Waals surface area contributed by atoms with Crippen molar-refractivity contribution in [2.45, 2.75) is 31.7 Å². The van der Waals surface area contributed by atoms with Gasteiger partial charge in [-0.1, -0.05) is 13.8 Å². The molecule has 27 heavy (non-hydrogen) atoms. The number of benzene rings is 1. The van der Waals surface area contributed by atoms with Gasteiger partial charge in [0.25, 0.3) is 11.6 Å². The van der Waals surface area contributed by atoms with Gasteiger partial charge in [-0.2, -0.15) is 0 Å². The zero-order valence-corrected chi connectivity index (χ0v) is 16.4. The molecule has 2 heterocycles. The van der Waals surface area contributed by atoms with Crippen molar-refractivity contribution in [2.75, 3.05) is 31.9 Å². The lowest BCUT2D eigenvalue weighted by molar-refractivity contribution is -0.384. The smallest absolute Gasteiger partial charge is 0.304 e. The molecular weight excluding hydrogens is 368 g/mol. The van der Waals surface area contributed by atoms with Crippen LogP contribution in [0, 0.1) is 10.1 Å². The van der Waals surface area contributed by atoms with Crippen molar-refractivity contribution in [2.24, 2.45) is 0 Å². The lowest BCUT2D eigenvalue weighted by Gasteiger charge is -2.23. The van der Waals surface area contributed by atoms with Crippen molar-refractivity contribution < 1.29 is 14.5 Å². The molecular formula is C18H24N4O4S. The number of nitro benzene ring substituents is 1. The van der Waals surface area contributed by atoms with Gasteiger partial charge in [0.1, 0.15) is 11.4 Å². The lowest BCUT2D eigenvalue weighted by Crippen LogP contribution is -2.36. The van der Waals surface area contributed by atoms with Crippen LogP contribution in [-0.4, -0.2) is 69.5 Å². The van der Waals surface area contributed by atoms with Gasteiger partial charge in [0.15, 0.2) is 0 Å². The van der Waals surface area contributed by atoms with Crippen molar-refractivity contribution in [1.29, 1.82) is 0 Å². The van der Waals surface area contributed by atoms with Crippen LogP contribution in [0.1, 0.15) is 31.2 Å². The van der Waals surface area contributed by atoms with E-state index in [1.807, 2.05) is 0 Å². The second-order valence-corrected chi connectivity index (χ2v) is 7.72. The summed E-state index contributed by atoms with van der Waals surface area (Å²) in [5, 5.41) is 10.5. The number of hydrogen-bond acceptors (Lipinski definition) is 6. The summed E-state index contributed by atoms with van der Waals surface area (Å²) in [6, 6.07) is 5.52. The number of carbonyl (C=O) groups excluding carboxylic acids is 2. The number of imide groups is 1. The Bertz CT molecular complexity index is 723. The van der Waals surface area contributed by atoms with Gasteiger partial charge in [0.2, 0.25) is 0 Å². The third kappa shape index (κ3) is 3.79. The summed E-state index contributed by atoms with van der Waals surface area (Å²) in [4.78, 5) is 41.2. The van der Waals surface area contributed by atoms with Gasteiger partial charge in [-0.25, -0.2) is 4.79 Å². The van der Waals surface area contributed by atoms with Crippen LogP contribution in [0.15, 0.2) is 24.3 Å². The Balaban J connectivity index is 1.68. The number of amides is 3. The molecule has 0 aromatic heterocycles.